The van der Waals surface area contributed by atoms with E-state index in [1.54, 1.807) is 0 Å². The Kier molecular flexibility index (Phi) is 4.78. The summed E-state index contributed by atoms with van der Waals surface area (Å²) in [6, 6.07) is 0.443. The predicted molar refractivity (Wildman–Crippen MR) is 83.7 cm³/mol. The SMILES string of the molecule is CC(NC1CCC2(CCCC2)CC1)C(=O)NC(C)(C)C. The fourth-order valence-corrected chi connectivity index (χ4v) is 3.93. The van der Waals surface area contributed by atoms with Crippen molar-refractivity contribution in [1.29, 1.82) is 0 Å². The zero-order chi connectivity index (χ0) is 14.8. The van der Waals surface area contributed by atoms with Crippen LogP contribution in [0, 0.1) is 5.41 Å². The Balaban J connectivity index is 1.76. The Morgan fingerprint density at radius 1 is 1.10 bits per heavy atom. The van der Waals surface area contributed by atoms with Crippen molar-refractivity contribution in [3.63, 3.8) is 0 Å². The molecule has 0 aromatic heterocycles. The quantitative estimate of drug-likeness (QED) is 0.832. The summed E-state index contributed by atoms with van der Waals surface area (Å²) in [4.78, 5) is 12.1. The van der Waals surface area contributed by atoms with E-state index >= 15 is 0 Å². The van der Waals surface area contributed by atoms with Gasteiger partial charge in [-0.05, 0) is 71.6 Å². The third-order valence-corrected chi connectivity index (χ3v) is 5.09. The molecule has 20 heavy (non-hydrogen) atoms. The summed E-state index contributed by atoms with van der Waals surface area (Å²) < 4.78 is 0. The van der Waals surface area contributed by atoms with Gasteiger partial charge in [0, 0.05) is 11.6 Å². The van der Waals surface area contributed by atoms with Gasteiger partial charge >= 0.3 is 0 Å². The van der Waals surface area contributed by atoms with Gasteiger partial charge < -0.3 is 10.6 Å². The number of amides is 1. The van der Waals surface area contributed by atoms with Crippen LogP contribution in [-0.2, 0) is 4.79 Å². The lowest BCUT2D eigenvalue weighted by molar-refractivity contribution is -0.124. The first kappa shape index (κ1) is 15.8. The normalized spacial score (nSPS) is 24.8. The average molecular weight is 280 g/mol. The first-order valence-corrected chi connectivity index (χ1v) is 8.38. The van der Waals surface area contributed by atoms with Gasteiger partial charge in [-0.3, -0.25) is 4.79 Å². The number of nitrogens with one attached hydrogen (secondary N) is 2. The van der Waals surface area contributed by atoms with E-state index in [9.17, 15) is 4.79 Å². The number of rotatable bonds is 3. The lowest BCUT2D eigenvalue weighted by Gasteiger charge is -2.38. The maximum Gasteiger partial charge on any atom is 0.237 e. The first-order valence-electron chi connectivity index (χ1n) is 8.38. The molecule has 2 N–H and O–H groups in total. The van der Waals surface area contributed by atoms with Crippen LogP contribution in [-0.4, -0.2) is 23.5 Å². The molecular formula is C17H32N2O. The van der Waals surface area contributed by atoms with Crippen LogP contribution in [0.3, 0.4) is 0 Å². The second kappa shape index (κ2) is 6.05. The third kappa shape index (κ3) is 4.21. The average Bonchev–Trinajstić information content (AvgIpc) is 2.79. The molecule has 0 heterocycles. The summed E-state index contributed by atoms with van der Waals surface area (Å²) in [5.74, 6) is 0.124. The van der Waals surface area contributed by atoms with Crippen LogP contribution >= 0.6 is 0 Å². The Morgan fingerprint density at radius 2 is 1.65 bits per heavy atom. The summed E-state index contributed by atoms with van der Waals surface area (Å²) >= 11 is 0. The van der Waals surface area contributed by atoms with Crippen LogP contribution in [0.1, 0.15) is 79.1 Å². The van der Waals surface area contributed by atoms with E-state index in [0.717, 1.165) is 0 Å². The Hall–Kier alpha value is -0.570. The molecule has 1 unspecified atom stereocenters. The van der Waals surface area contributed by atoms with E-state index in [2.05, 4.69) is 10.6 Å². The van der Waals surface area contributed by atoms with Gasteiger partial charge in [0.1, 0.15) is 0 Å². The van der Waals surface area contributed by atoms with Crippen molar-refractivity contribution in [2.75, 3.05) is 0 Å². The van der Waals surface area contributed by atoms with Crippen molar-refractivity contribution in [2.24, 2.45) is 5.41 Å². The highest BCUT2D eigenvalue weighted by Crippen LogP contribution is 2.48. The minimum atomic E-state index is -0.145. The molecule has 1 spiro atoms. The molecule has 0 aromatic rings. The van der Waals surface area contributed by atoms with Crippen molar-refractivity contribution in [2.45, 2.75) is 96.7 Å². The van der Waals surface area contributed by atoms with Gasteiger partial charge in [0.2, 0.25) is 5.91 Å². The molecule has 2 saturated carbocycles. The molecule has 116 valence electrons. The van der Waals surface area contributed by atoms with Crippen molar-refractivity contribution in [3.8, 4) is 0 Å². The summed E-state index contributed by atoms with van der Waals surface area (Å²) in [6.45, 7) is 8.08. The van der Waals surface area contributed by atoms with Crippen molar-refractivity contribution < 1.29 is 4.79 Å². The number of hydrogen-bond acceptors (Lipinski definition) is 2. The van der Waals surface area contributed by atoms with Gasteiger partial charge in [-0.25, -0.2) is 0 Å². The third-order valence-electron chi connectivity index (χ3n) is 5.09. The Bertz CT molecular complexity index is 329. The molecule has 1 atom stereocenters. The van der Waals surface area contributed by atoms with Crippen LogP contribution in [0.15, 0.2) is 0 Å². The summed E-state index contributed by atoms with van der Waals surface area (Å²) in [5, 5.41) is 6.59. The highest BCUT2D eigenvalue weighted by molar-refractivity contribution is 5.81. The predicted octanol–water partition coefficient (Wildman–Crippen LogP) is 3.38. The van der Waals surface area contributed by atoms with E-state index < -0.39 is 0 Å². The van der Waals surface area contributed by atoms with Gasteiger partial charge in [0.25, 0.3) is 0 Å². The minimum Gasteiger partial charge on any atom is -0.350 e. The molecule has 2 rings (SSSR count). The molecule has 0 saturated heterocycles. The molecule has 3 nitrogen and oxygen atoms in total. The van der Waals surface area contributed by atoms with Gasteiger partial charge in [-0.15, -0.1) is 0 Å². The summed E-state index contributed by atoms with van der Waals surface area (Å²) in [5.41, 5.74) is 0.530. The second-order valence-corrected chi connectivity index (χ2v) is 8.11. The standard InChI is InChI=1S/C17H32N2O/c1-13(15(20)19-16(2,3)4)18-14-7-11-17(12-8-14)9-5-6-10-17/h13-14,18H,5-12H2,1-4H3,(H,19,20). The van der Waals surface area contributed by atoms with Gasteiger partial charge in [0.05, 0.1) is 6.04 Å². The van der Waals surface area contributed by atoms with Crippen molar-refractivity contribution in [1.82, 2.24) is 10.6 Å². The molecule has 0 bridgehead atoms. The molecule has 2 fully saturated rings. The maximum atomic E-state index is 12.1. The molecule has 2 aliphatic carbocycles. The second-order valence-electron chi connectivity index (χ2n) is 8.11. The molecule has 2 aliphatic rings. The van der Waals surface area contributed by atoms with Crippen LogP contribution in [0.2, 0.25) is 0 Å². The van der Waals surface area contributed by atoms with Crippen molar-refractivity contribution in [3.05, 3.63) is 0 Å². The smallest absolute Gasteiger partial charge is 0.237 e. The Morgan fingerprint density at radius 3 is 2.15 bits per heavy atom. The molecule has 0 aromatic carbocycles. The highest BCUT2D eigenvalue weighted by Gasteiger charge is 2.37. The van der Waals surface area contributed by atoms with Gasteiger partial charge in [-0.2, -0.15) is 0 Å². The monoisotopic (exact) mass is 280 g/mol. The number of hydrogen-bond donors (Lipinski definition) is 2. The highest BCUT2D eigenvalue weighted by atomic mass is 16.2. The van der Waals surface area contributed by atoms with E-state index in [-0.39, 0.29) is 17.5 Å². The lowest BCUT2D eigenvalue weighted by atomic mass is 9.71. The molecule has 3 heteroatoms. The van der Waals surface area contributed by atoms with E-state index in [4.69, 9.17) is 0 Å². The van der Waals surface area contributed by atoms with E-state index in [1.165, 1.54) is 51.4 Å². The van der Waals surface area contributed by atoms with E-state index in [1.807, 2.05) is 27.7 Å². The van der Waals surface area contributed by atoms with Gasteiger partial charge in [0.15, 0.2) is 0 Å². The lowest BCUT2D eigenvalue weighted by Crippen LogP contribution is -2.52. The number of carbonyl (C=O) groups is 1. The fourth-order valence-electron chi connectivity index (χ4n) is 3.93. The van der Waals surface area contributed by atoms with Crippen molar-refractivity contribution >= 4 is 5.91 Å². The van der Waals surface area contributed by atoms with Crippen LogP contribution in [0.5, 0.6) is 0 Å². The molecular weight excluding hydrogens is 248 g/mol. The van der Waals surface area contributed by atoms with Gasteiger partial charge in [-0.1, -0.05) is 12.8 Å². The van der Waals surface area contributed by atoms with Crippen LogP contribution in [0.4, 0.5) is 0 Å². The summed E-state index contributed by atoms with van der Waals surface area (Å²) in [7, 11) is 0. The Labute approximate surface area is 124 Å². The van der Waals surface area contributed by atoms with Crippen LogP contribution in [0.25, 0.3) is 0 Å². The number of carbonyl (C=O) groups excluding carboxylic acids is 1. The topological polar surface area (TPSA) is 41.1 Å². The molecule has 0 aliphatic heterocycles. The summed E-state index contributed by atoms with van der Waals surface area (Å²) in [6.07, 6.45) is 11.0. The zero-order valence-corrected chi connectivity index (χ0v) is 13.7. The zero-order valence-electron chi connectivity index (χ0n) is 13.7. The van der Waals surface area contributed by atoms with Crippen LogP contribution < -0.4 is 10.6 Å². The largest absolute Gasteiger partial charge is 0.350 e. The first-order chi connectivity index (χ1) is 9.30. The van der Waals surface area contributed by atoms with E-state index in [0.29, 0.717) is 11.5 Å². The maximum absolute atomic E-state index is 12.1. The fraction of sp³-hybridized carbons (Fsp3) is 0.941. The molecule has 1 amide bonds. The minimum absolute atomic E-state index is 0.0862. The molecule has 0 radical (unpaired) electrons.